The number of nitrogens with one attached hydrogen (secondary N) is 1. The van der Waals surface area contributed by atoms with E-state index >= 15 is 0 Å². The molecule has 0 bridgehead atoms. The van der Waals surface area contributed by atoms with Gasteiger partial charge >= 0.3 is 0 Å². The highest BCUT2D eigenvalue weighted by Gasteiger charge is 2.14. The van der Waals surface area contributed by atoms with Gasteiger partial charge in [-0.25, -0.2) is 4.98 Å². The standard InChI is InChI=1S/C16H18N4O2S/c1-9(2)13-6-15(22-20-13)19-14(21)8-23-16-12(7-17)10(3)5-11(4)18-16/h5-6,9H,8H2,1-4H3,(H,19,21). The molecule has 2 aromatic heterocycles. The average Bonchev–Trinajstić information content (AvgIpc) is 2.93. The van der Waals surface area contributed by atoms with Gasteiger partial charge in [0.2, 0.25) is 11.8 Å². The molecular formula is C16H18N4O2S. The first-order valence-electron chi connectivity index (χ1n) is 7.18. The number of amides is 1. The van der Waals surface area contributed by atoms with Crippen molar-refractivity contribution in [3.05, 3.63) is 34.6 Å². The number of pyridine rings is 1. The van der Waals surface area contributed by atoms with Crippen LogP contribution in [-0.2, 0) is 4.79 Å². The summed E-state index contributed by atoms with van der Waals surface area (Å²) in [5.41, 5.74) is 2.98. The SMILES string of the molecule is Cc1cc(C)c(C#N)c(SCC(=O)Nc2cc(C(C)C)no2)n1. The number of hydrogen-bond donors (Lipinski definition) is 1. The minimum atomic E-state index is -0.230. The Kier molecular flexibility index (Phi) is 5.40. The van der Waals surface area contributed by atoms with Crippen LogP contribution in [0.15, 0.2) is 21.7 Å². The number of carbonyl (C=O) groups excluding carboxylic acids is 1. The molecule has 6 nitrogen and oxygen atoms in total. The van der Waals surface area contributed by atoms with Crippen molar-refractivity contribution < 1.29 is 9.32 Å². The van der Waals surface area contributed by atoms with Gasteiger partial charge in [0.1, 0.15) is 11.1 Å². The van der Waals surface area contributed by atoms with Crippen molar-refractivity contribution in [3.63, 3.8) is 0 Å². The van der Waals surface area contributed by atoms with Crippen LogP contribution in [0.2, 0.25) is 0 Å². The number of thioether (sulfide) groups is 1. The van der Waals surface area contributed by atoms with Crippen molar-refractivity contribution >= 4 is 23.6 Å². The number of aromatic nitrogens is 2. The summed E-state index contributed by atoms with van der Waals surface area (Å²) < 4.78 is 5.07. The molecule has 2 heterocycles. The van der Waals surface area contributed by atoms with Crippen LogP contribution in [0.3, 0.4) is 0 Å². The third-order valence-corrected chi connectivity index (χ3v) is 4.12. The molecule has 2 rings (SSSR count). The van der Waals surface area contributed by atoms with E-state index in [1.807, 2.05) is 33.8 Å². The van der Waals surface area contributed by atoms with E-state index in [-0.39, 0.29) is 17.6 Å². The number of nitriles is 1. The minimum absolute atomic E-state index is 0.141. The molecule has 1 N–H and O–H groups in total. The molecule has 1 amide bonds. The van der Waals surface area contributed by atoms with Gasteiger partial charge in [-0.2, -0.15) is 5.26 Å². The third-order valence-electron chi connectivity index (χ3n) is 3.15. The maximum atomic E-state index is 12.0. The van der Waals surface area contributed by atoms with E-state index in [0.29, 0.717) is 16.5 Å². The van der Waals surface area contributed by atoms with E-state index in [2.05, 4.69) is 21.5 Å². The van der Waals surface area contributed by atoms with Gasteiger partial charge in [0.15, 0.2) is 0 Å². The van der Waals surface area contributed by atoms with Gasteiger partial charge in [-0.05, 0) is 31.4 Å². The molecule has 2 aromatic rings. The molecule has 7 heteroatoms. The van der Waals surface area contributed by atoms with E-state index < -0.39 is 0 Å². The highest BCUT2D eigenvalue weighted by Crippen LogP contribution is 2.24. The Morgan fingerprint density at radius 1 is 1.43 bits per heavy atom. The lowest BCUT2D eigenvalue weighted by molar-refractivity contribution is -0.113. The van der Waals surface area contributed by atoms with Crippen LogP contribution in [-0.4, -0.2) is 21.8 Å². The van der Waals surface area contributed by atoms with Gasteiger partial charge in [0, 0.05) is 11.8 Å². The maximum Gasteiger partial charge on any atom is 0.237 e. The second-order valence-corrected chi connectivity index (χ2v) is 6.44. The fourth-order valence-electron chi connectivity index (χ4n) is 1.97. The fourth-order valence-corrected chi connectivity index (χ4v) is 2.87. The molecule has 120 valence electrons. The Bertz CT molecular complexity index is 762. The lowest BCUT2D eigenvalue weighted by atomic mass is 10.1. The van der Waals surface area contributed by atoms with Crippen LogP contribution in [0.25, 0.3) is 0 Å². The molecule has 0 aromatic carbocycles. The molecule has 0 unspecified atom stereocenters. The van der Waals surface area contributed by atoms with Crippen molar-refractivity contribution in [2.75, 3.05) is 11.1 Å². The minimum Gasteiger partial charge on any atom is -0.338 e. The Morgan fingerprint density at radius 3 is 2.78 bits per heavy atom. The van der Waals surface area contributed by atoms with Crippen LogP contribution in [0, 0.1) is 25.2 Å². The molecule has 0 spiro atoms. The first kappa shape index (κ1) is 17.0. The zero-order valence-corrected chi connectivity index (χ0v) is 14.3. The Hall–Kier alpha value is -2.33. The number of hydrogen-bond acceptors (Lipinski definition) is 6. The fraction of sp³-hybridized carbons (Fsp3) is 0.375. The van der Waals surface area contributed by atoms with Gasteiger partial charge < -0.3 is 4.52 Å². The predicted octanol–water partition coefficient (Wildman–Crippen LogP) is 3.41. The van der Waals surface area contributed by atoms with Gasteiger partial charge in [-0.3, -0.25) is 10.1 Å². The van der Waals surface area contributed by atoms with Crippen LogP contribution >= 0.6 is 11.8 Å². The molecule has 0 radical (unpaired) electrons. The predicted molar refractivity (Wildman–Crippen MR) is 88.4 cm³/mol. The molecule has 0 aliphatic heterocycles. The first-order chi connectivity index (χ1) is 10.9. The smallest absolute Gasteiger partial charge is 0.237 e. The lowest BCUT2D eigenvalue weighted by Gasteiger charge is -2.07. The summed E-state index contributed by atoms with van der Waals surface area (Å²) in [6.07, 6.45) is 0. The molecule has 23 heavy (non-hydrogen) atoms. The van der Waals surface area contributed by atoms with Gasteiger partial charge in [-0.1, -0.05) is 30.8 Å². The quantitative estimate of drug-likeness (QED) is 0.845. The number of nitrogens with zero attached hydrogens (tertiary/aromatic N) is 3. The Morgan fingerprint density at radius 2 is 2.17 bits per heavy atom. The van der Waals surface area contributed by atoms with E-state index in [4.69, 9.17) is 4.52 Å². The summed E-state index contributed by atoms with van der Waals surface area (Å²) in [7, 11) is 0. The van der Waals surface area contributed by atoms with E-state index in [0.717, 1.165) is 17.0 Å². The monoisotopic (exact) mass is 330 g/mol. The van der Waals surface area contributed by atoms with E-state index in [1.54, 1.807) is 6.07 Å². The molecule has 0 saturated carbocycles. The van der Waals surface area contributed by atoms with Crippen LogP contribution < -0.4 is 5.32 Å². The van der Waals surface area contributed by atoms with Crippen LogP contribution in [0.4, 0.5) is 5.88 Å². The first-order valence-corrected chi connectivity index (χ1v) is 8.17. The number of anilines is 1. The second kappa shape index (κ2) is 7.29. The second-order valence-electron chi connectivity index (χ2n) is 5.48. The van der Waals surface area contributed by atoms with E-state index in [1.165, 1.54) is 11.8 Å². The summed E-state index contributed by atoms with van der Waals surface area (Å²) >= 11 is 1.23. The molecule has 0 aliphatic carbocycles. The van der Waals surface area contributed by atoms with Crippen LogP contribution in [0.5, 0.6) is 0 Å². The van der Waals surface area contributed by atoms with Crippen molar-refractivity contribution in [3.8, 4) is 6.07 Å². The molecule has 0 aliphatic rings. The molecule has 0 saturated heterocycles. The van der Waals surface area contributed by atoms with Gasteiger partial charge in [-0.15, -0.1) is 0 Å². The Balaban J connectivity index is 2.01. The van der Waals surface area contributed by atoms with Gasteiger partial charge in [0.25, 0.3) is 0 Å². The number of carbonyl (C=O) groups is 1. The van der Waals surface area contributed by atoms with Crippen molar-refractivity contribution in [1.82, 2.24) is 10.1 Å². The summed E-state index contributed by atoms with van der Waals surface area (Å²) in [4.78, 5) is 16.3. The Labute approximate surface area is 139 Å². The average molecular weight is 330 g/mol. The largest absolute Gasteiger partial charge is 0.338 e. The zero-order chi connectivity index (χ0) is 17.0. The van der Waals surface area contributed by atoms with Gasteiger partial charge in [0.05, 0.1) is 17.0 Å². The number of aryl methyl sites for hydroxylation is 2. The topological polar surface area (TPSA) is 91.8 Å². The summed E-state index contributed by atoms with van der Waals surface area (Å²) in [6.45, 7) is 7.71. The zero-order valence-electron chi connectivity index (χ0n) is 13.5. The molecule has 0 fully saturated rings. The normalized spacial score (nSPS) is 10.6. The highest BCUT2D eigenvalue weighted by atomic mass is 32.2. The number of rotatable bonds is 5. The maximum absolute atomic E-state index is 12.0. The highest BCUT2D eigenvalue weighted by molar-refractivity contribution is 8.00. The van der Waals surface area contributed by atoms with Crippen molar-refractivity contribution in [1.29, 1.82) is 5.26 Å². The lowest BCUT2D eigenvalue weighted by Crippen LogP contribution is -2.14. The van der Waals surface area contributed by atoms with E-state index in [9.17, 15) is 10.1 Å². The summed E-state index contributed by atoms with van der Waals surface area (Å²) in [5, 5.41) is 16.3. The van der Waals surface area contributed by atoms with Crippen molar-refractivity contribution in [2.24, 2.45) is 0 Å². The molecular weight excluding hydrogens is 312 g/mol. The van der Waals surface area contributed by atoms with Crippen molar-refractivity contribution in [2.45, 2.75) is 38.6 Å². The summed E-state index contributed by atoms with van der Waals surface area (Å²) in [5.74, 6) is 0.471. The van der Waals surface area contributed by atoms with Crippen LogP contribution in [0.1, 0.15) is 42.3 Å². The summed E-state index contributed by atoms with van der Waals surface area (Å²) in [6, 6.07) is 5.70. The molecule has 0 atom stereocenters. The third kappa shape index (κ3) is 4.33.